The van der Waals surface area contributed by atoms with Gasteiger partial charge in [0.2, 0.25) is 5.95 Å². The number of pyridine rings is 1. The van der Waals surface area contributed by atoms with Crippen molar-refractivity contribution in [3.05, 3.63) is 40.9 Å². The molecule has 0 saturated heterocycles. The van der Waals surface area contributed by atoms with Gasteiger partial charge in [0.1, 0.15) is 0 Å². The number of aliphatic carboxylic acids is 1. The minimum Gasteiger partial charge on any atom is -0.481 e. The highest BCUT2D eigenvalue weighted by Gasteiger charge is 2.14. The average molecular weight is 309 g/mol. The summed E-state index contributed by atoms with van der Waals surface area (Å²) in [4.78, 5) is 29.8. The van der Waals surface area contributed by atoms with Crippen LogP contribution in [0.15, 0.2) is 23.7 Å². The van der Waals surface area contributed by atoms with Crippen molar-refractivity contribution in [1.82, 2.24) is 9.97 Å². The van der Waals surface area contributed by atoms with E-state index in [1.165, 1.54) is 29.7 Å². The number of aromatic nitrogens is 2. The third-order valence-corrected chi connectivity index (χ3v) is 3.41. The van der Waals surface area contributed by atoms with Gasteiger partial charge in [-0.2, -0.15) is 4.39 Å². The van der Waals surface area contributed by atoms with E-state index in [1.807, 2.05) is 0 Å². The number of amides is 1. The molecule has 0 bridgehead atoms. The maximum Gasteiger partial charge on any atom is 0.303 e. The van der Waals surface area contributed by atoms with Crippen LogP contribution in [0.5, 0.6) is 0 Å². The maximum atomic E-state index is 13.3. The maximum absolute atomic E-state index is 13.3. The number of halogens is 1. The Labute approximate surface area is 123 Å². The highest BCUT2D eigenvalue weighted by Crippen LogP contribution is 2.18. The van der Waals surface area contributed by atoms with E-state index in [9.17, 15) is 14.0 Å². The van der Waals surface area contributed by atoms with E-state index in [1.54, 1.807) is 5.38 Å². The number of aryl methyl sites for hydroxylation is 1. The SMILES string of the molecule is O=C(O)CCCc1csc(NC(=O)c2cccnc2F)n1. The molecule has 2 aromatic heterocycles. The van der Waals surface area contributed by atoms with Crippen molar-refractivity contribution in [3.63, 3.8) is 0 Å². The largest absolute Gasteiger partial charge is 0.481 e. The van der Waals surface area contributed by atoms with Crippen LogP contribution in [0.1, 0.15) is 28.9 Å². The molecule has 2 N–H and O–H groups in total. The second-order valence-corrected chi connectivity index (χ2v) is 5.05. The third kappa shape index (κ3) is 4.32. The zero-order valence-corrected chi connectivity index (χ0v) is 11.7. The fourth-order valence-corrected chi connectivity index (χ4v) is 2.36. The highest BCUT2D eigenvalue weighted by molar-refractivity contribution is 7.13. The van der Waals surface area contributed by atoms with Gasteiger partial charge in [-0.25, -0.2) is 9.97 Å². The molecule has 0 aliphatic rings. The first-order chi connectivity index (χ1) is 10.1. The van der Waals surface area contributed by atoms with Gasteiger partial charge in [0.15, 0.2) is 5.13 Å². The van der Waals surface area contributed by atoms with Crippen LogP contribution in [0, 0.1) is 5.95 Å². The Morgan fingerprint density at radius 1 is 1.43 bits per heavy atom. The normalized spacial score (nSPS) is 10.3. The second kappa shape index (κ2) is 6.89. The molecule has 8 heteroatoms. The molecule has 2 aromatic rings. The van der Waals surface area contributed by atoms with Gasteiger partial charge in [0.05, 0.1) is 11.3 Å². The van der Waals surface area contributed by atoms with Gasteiger partial charge in [-0.1, -0.05) is 0 Å². The zero-order chi connectivity index (χ0) is 15.2. The molecule has 110 valence electrons. The van der Waals surface area contributed by atoms with Gasteiger partial charge < -0.3 is 5.11 Å². The number of carbonyl (C=O) groups is 2. The van der Waals surface area contributed by atoms with Crippen molar-refractivity contribution in [2.45, 2.75) is 19.3 Å². The number of nitrogens with one attached hydrogen (secondary N) is 1. The first-order valence-electron chi connectivity index (χ1n) is 6.14. The number of hydrogen-bond donors (Lipinski definition) is 2. The molecule has 0 aliphatic heterocycles. The van der Waals surface area contributed by atoms with E-state index in [0.29, 0.717) is 23.7 Å². The Morgan fingerprint density at radius 3 is 2.95 bits per heavy atom. The monoisotopic (exact) mass is 309 g/mol. The molecule has 0 aliphatic carbocycles. The first kappa shape index (κ1) is 15.0. The second-order valence-electron chi connectivity index (χ2n) is 4.19. The summed E-state index contributed by atoms with van der Waals surface area (Å²) >= 11 is 1.20. The lowest BCUT2D eigenvalue weighted by atomic mass is 10.2. The van der Waals surface area contributed by atoms with Crippen LogP contribution in [0.4, 0.5) is 9.52 Å². The number of rotatable bonds is 6. The fourth-order valence-electron chi connectivity index (χ4n) is 1.62. The Hall–Kier alpha value is -2.35. The Kier molecular flexibility index (Phi) is 4.94. The standard InChI is InChI=1S/C13H12FN3O3S/c14-11-9(4-2-6-15-11)12(20)17-13-16-8(7-21-13)3-1-5-10(18)19/h2,4,6-7H,1,3,5H2,(H,18,19)(H,16,17,20). The van der Waals surface area contributed by atoms with Crippen LogP contribution >= 0.6 is 11.3 Å². The van der Waals surface area contributed by atoms with E-state index >= 15 is 0 Å². The molecule has 1 amide bonds. The van der Waals surface area contributed by atoms with Gasteiger partial charge in [-0.15, -0.1) is 11.3 Å². The Bertz CT molecular complexity index is 660. The van der Waals surface area contributed by atoms with Crippen molar-refractivity contribution in [1.29, 1.82) is 0 Å². The molecule has 0 spiro atoms. The number of carbonyl (C=O) groups excluding carboxylic acids is 1. The smallest absolute Gasteiger partial charge is 0.303 e. The van der Waals surface area contributed by atoms with Gasteiger partial charge in [-0.3, -0.25) is 14.9 Å². The van der Waals surface area contributed by atoms with Gasteiger partial charge in [-0.05, 0) is 25.0 Å². The lowest BCUT2D eigenvalue weighted by Gasteiger charge is -2.01. The van der Waals surface area contributed by atoms with E-state index in [4.69, 9.17) is 5.11 Å². The van der Waals surface area contributed by atoms with E-state index in [2.05, 4.69) is 15.3 Å². The quantitative estimate of drug-likeness (QED) is 0.799. The fraction of sp³-hybridized carbons (Fsp3) is 0.231. The molecule has 21 heavy (non-hydrogen) atoms. The molecule has 0 fully saturated rings. The van der Waals surface area contributed by atoms with Crippen molar-refractivity contribution < 1.29 is 19.1 Å². The van der Waals surface area contributed by atoms with E-state index in [0.717, 1.165) is 0 Å². The lowest BCUT2D eigenvalue weighted by Crippen LogP contribution is -2.14. The number of thiazole rings is 1. The number of anilines is 1. The molecule has 6 nitrogen and oxygen atoms in total. The van der Waals surface area contributed by atoms with E-state index in [-0.39, 0.29) is 12.0 Å². The summed E-state index contributed by atoms with van der Waals surface area (Å²) in [6, 6.07) is 2.80. The summed E-state index contributed by atoms with van der Waals surface area (Å²) in [5.41, 5.74) is 0.545. The molecular formula is C13H12FN3O3S. The third-order valence-electron chi connectivity index (χ3n) is 2.60. The molecule has 0 unspecified atom stereocenters. The molecule has 0 radical (unpaired) electrons. The highest BCUT2D eigenvalue weighted by atomic mass is 32.1. The van der Waals surface area contributed by atoms with Crippen molar-refractivity contribution in [2.75, 3.05) is 5.32 Å². The van der Waals surface area contributed by atoms with Crippen LogP contribution in [0.2, 0.25) is 0 Å². The van der Waals surface area contributed by atoms with Crippen LogP contribution in [0.3, 0.4) is 0 Å². The molecule has 2 heterocycles. The summed E-state index contributed by atoms with van der Waals surface area (Å²) in [6.07, 6.45) is 2.32. The number of carboxylic acid groups (broad SMARTS) is 1. The molecule has 0 atom stereocenters. The number of carboxylic acids is 1. The van der Waals surface area contributed by atoms with Crippen LogP contribution in [-0.2, 0) is 11.2 Å². The Balaban J connectivity index is 1.95. The van der Waals surface area contributed by atoms with Crippen molar-refractivity contribution in [2.24, 2.45) is 0 Å². The lowest BCUT2D eigenvalue weighted by molar-refractivity contribution is -0.137. The predicted molar refractivity (Wildman–Crippen MR) is 74.8 cm³/mol. The topological polar surface area (TPSA) is 92.2 Å². The first-order valence-corrected chi connectivity index (χ1v) is 7.02. The molecule has 2 rings (SSSR count). The summed E-state index contributed by atoms with van der Waals surface area (Å²) in [5, 5.41) is 13.1. The Morgan fingerprint density at radius 2 is 2.24 bits per heavy atom. The van der Waals surface area contributed by atoms with Gasteiger partial charge in [0, 0.05) is 18.0 Å². The zero-order valence-electron chi connectivity index (χ0n) is 10.9. The number of hydrogen-bond acceptors (Lipinski definition) is 5. The summed E-state index contributed by atoms with van der Waals surface area (Å²) < 4.78 is 13.3. The summed E-state index contributed by atoms with van der Waals surface area (Å²) in [6.45, 7) is 0. The van der Waals surface area contributed by atoms with Gasteiger partial charge >= 0.3 is 5.97 Å². The molecule has 0 saturated carbocycles. The van der Waals surface area contributed by atoms with Crippen molar-refractivity contribution in [3.8, 4) is 0 Å². The van der Waals surface area contributed by atoms with E-state index < -0.39 is 17.8 Å². The minimum absolute atomic E-state index is 0.0696. The van der Waals surface area contributed by atoms with Crippen molar-refractivity contribution >= 4 is 28.3 Å². The molecule has 0 aromatic carbocycles. The summed E-state index contributed by atoms with van der Waals surface area (Å²) in [7, 11) is 0. The van der Waals surface area contributed by atoms with Crippen LogP contribution in [-0.4, -0.2) is 27.0 Å². The average Bonchev–Trinajstić information content (AvgIpc) is 2.86. The predicted octanol–water partition coefficient (Wildman–Crippen LogP) is 2.34. The molecular weight excluding hydrogens is 297 g/mol. The minimum atomic E-state index is -0.856. The van der Waals surface area contributed by atoms with Crippen LogP contribution < -0.4 is 5.32 Å². The number of nitrogens with zero attached hydrogens (tertiary/aromatic N) is 2. The van der Waals surface area contributed by atoms with Crippen LogP contribution in [0.25, 0.3) is 0 Å². The summed E-state index contributed by atoms with van der Waals surface area (Å²) in [5.74, 6) is -2.31. The van der Waals surface area contributed by atoms with Gasteiger partial charge in [0.25, 0.3) is 5.91 Å².